The van der Waals surface area contributed by atoms with Gasteiger partial charge in [0.2, 0.25) is 5.91 Å². The van der Waals surface area contributed by atoms with Crippen LogP contribution in [0.25, 0.3) is 0 Å². The third-order valence-corrected chi connectivity index (χ3v) is 2.23. The number of anilines is 1. The number of benzene rings is 1. The highest BCUT2D eigenvalue weighted by Crippen LogP contribution is 2.14. The molecule has 0 aliphatic rings. The van der Waals surface area contributed by atoms with Gasteiger partial charge in [0.1, 0.15) is 0 Å². The Hall–Kier alpha value is -1.95. The molecule has 1 aromatic carbocycles. The average molecular weight is 257 g/mol. The molecule has 17 heavy (non-hydrogen) atoms. The van der Waals surface area contributed by atoms with Gasteiger partial charge in [0.05, 0.1) is 0 Å². The lowest BCUT2D eigenvalue weighted by Crippen LogP contribution is -2.23. The number of carbonyl (C=O) groups is 2. The lowest BCUT2D eigenvalue weighted by Gasteiger charge is -2.05. The van der Waals surface area contributed by atoms with Gasteiger partial charge in [-0.25, -0.2) is 0 Å². The topological polar surface area (TPSA) is 89.3 Å². The average Bonchev–Trinajstić information content (AvgIpc) is 2.26. The van der Waals surface area contributed by atoms with Crippen molar-refractivity contribution in [2.24, 2.45) is 0 Å². The fraction of sp³-hybridized carbons (Fsp3) is 0.200. The number of carbonyl (C=O) groups excluding carboxylic acids is 2. The predicted molar refractivity (Wildman–Crippen MR) is 61.7 cm³/mol. The molecule has 0 aromatic heterocycles. The summed E-state index contributed by atoms with van der Waals surface area (Å²) in [7, 11) is 0. The lowest BCUT2D eigenvalue weighted by atomic mass is 10.1. The summed E-state index contributed by atoms with van der Waals surface area (Å²) in [6.45, 7) is 1.32. The minimum absolute atomic E-state index is 0.0768. The molecular formula is C10H9ClN2O4. The van der Waals surface area contributed by atoms with Gasteiger partial charge in [0.15, 0.2) is 0 Å². The number of nitrogens with one attached hydrogen (secondary N) is 1. The Morgan fingerprint density at radius 3 is 2.65 bits per heavy atom. The van der Waals surface area contributed by atoms with E-state index in [9.17, 15) is 19.7 Å². The van der Waals surface area contributed by atoms with Gasteiger partial charge in [-0.1, -0.05) is 12.1 Å². The van der Waals surface area contributed by atoms with Crippen LogP contribution >= 0.6 is 11.6 Å². The summed E-state index contributed by atoms with van der Waals surface area (Å²) in [6.07, 6.45) is 0. The smallest absolute Gasteiger partial charge is 0.326 e. The zero-order valence-electron chi connectivity index (χ0n) is 8.84. The largest absolute Gasteiger partial charge is 0.348 e. The number of nitro groups is 1. The van der Waals surface area contributed by atoms with Gasteiger partial charge >= 0.3 is 5.50 Å². The van der Waals surface area contributed by atoms with E-state index in [0.717, 1.165) is 0 Å². The highest BCUT2D eigenvalue weighted by atomic mass is 35.5. The highest BCUT2D eigenvalue weighted by Gasteiger charge is 2.27. The fourth-order valence-electron chi connectivity index (χ4n) is 1.19. The van der Waals surface area contributed by atoms with Gasteiger partial charge in [-0.15, -0.1) is 0 Å². The maximum atomic E-state index is 11.5. The first-order valence-electron chi connectivity index (χ1n) is 4.61. The van der Waals surface area contributed by atoms with Crippen molar-refractivity contribution in [3.8, 4) is 0 Å². The molecule has 1 unspecified atom stereocenters. The number of hydrogen-bond acceptors (Lipinski definition) is 4. The number of nitrogens with zero attached hydrogens (tertiary/aromatic N) is 1. The lowest BCUT2D eigenvalue weighted by molar-refractivity contribution is -0.482. The van der Waals surface area contributed by atoms with Crippen LogP contribution in [0.5, 0.6) is 0 Å². The predicted octanol–water partition coefficient (Wildman–Crippen LogP) is 1.67. The zero-order valence-corrected chi connectivity index (χ0v) is 9.60. The zero-order chi connectivity index (χ0) is 13.0. The summed E-state index contributed by atoms with van der Waals surface area (Å²) >= 11 is 5.32. The summed E-state index contributed by atoms with van der Waals surface area (Å²) in [6, 6.07) is 5.80. The van der Waals surface area contributed by atoms with Crippen LogP contribution < -0.4 is 5.32 Å². The molecule has 0 aliphatic heterocycles. The van der Waals surface area contributed by atoms with Crippen molar-refractivity contribution in [3.63, 3.8) is 0 Å². The van der Waals surface area contributed by atoms with Crippen molar-refractivity contribution >= 4 is 29.0 Å². The Morgan fingerprint density at radius 2 is 2.12 bits per heavy atom. The van der Waals surface area contributed by atoms with Crippen LogP contribution in [0.3, 0.4) is 0 Å². The van der Waals surface area contributed by atoms with E-state index in [1.807, 2.05) is 0 Å². The van der Waals surface area contributed by atoms with Gasteiger partial charge < -0.3 is 5.32 Å². The second-order valence-corrected chi connectivity index (χ2v) is 3.66. The van der Waals surface area contributed by atoms with Crippen LogP contribution in [0, 0.1) is 10.1 Å². The summed E-state index contributed by atoms with van der Waals surface area (Å²) in [4.78, 5) is 31.8. The van der Waals surface area contributed by atoms with E-state index < -0.39 is 16.2 Å². The quantitative estimate of drug-likeness (QED) is 0.292. The van der Waals surface area contributed by atoms with Crippen molar-refractivity contribution < 1.29 is 14.5 Å². The molecule has 7 heteroatoms. The third-order valence-electron chi connectivity index (χ3n) is 1.87. The molecule has 0 bridgehead atoms. The van der Waals surface area contributed by atoms with Crippen molar-refractivity contribution in [3.05, 3.63) is 39.9 Å². The summed E-state index contributed by atoms with van der Waals surface area (Å²) in [5.74, 6) is -1.12. The third kappa shape index (κ3) is 3.53. The minimum Gasteiger partial charge on any atom is -0.326 e. The molecule has 0 fully saturated rings. The maximum absolute atomic E-state index is 11.5. The Bertz CT molecular complexity index is 475. The number of alkyl halides is 1. The van der Waals surface area contributed by atoms with E-state index in [-0.39, 0.29) is 11.5 Å². The van der Waals surface area contributed by atoms with Crippen molar-refractivity contribution in [2.45, 2.75) is 12.4 Å². The molecule has 90 valence electrons. The van der Waals surface area contributed by atoms with E-state index in [1.165, 1.54) is 25.1 Å². The Labute approximate surface area is 102 Å². The Morgan fingerprint density at radius 1 is 1.47 bits per heavy atom. The van der Waals surface area contributed by atoms with Gasteiger partial charge in [-0.05, 0) is 23.7 Å². The minimum atomic E-state index is -1.82. The molecule has 0 radical (unpaired) electrons. The molecule has 1 aromatic rings. The molecule has 1 atom stereocenters. The van der Waals surface area contributed by atoms with Crippen LogP contribution in [0.15, 0.2) is 24.3 Å². The number of rotatable bonds is 4. The van der Waals surface area contributed by atoms with E-state index in [4.69, 9.17) is 11.6 Å². The Kier molecular flexibility index (Phi) is 4.17. The molecule has 0 saturated carbocycles. The fourth-order valence-corrected chi connectivity index (χ4v) is 1.31. The Balaban J connectivity index is 2.95. The number of ketones is 1. The van der Waals surface area contributed by atoms with Crippen molar-refractivity contribution in [1.82, 2.24) is 0 Å². The summed E-state index contributed by atoms with van der Waals surface area (Å²) in [5.41, 5.74) is -1.36. The van der Waals surface area contributed by atoms with Crippen molar-refractivity contribution in [1.29, 1.82) is 0 Å². The van der Waals surface area contributed by atoms with E-state index in [2.05, 4.69) is 5.32 Å². The SMILES string of the molecule is CC(=O)Nc1cccc(C(=O)C(Cl)[N+](=O)[O-])c1. The summed E-state index contributed by atoms with van der Waals surface area (Å²) < 4.78 is 0. The monoisotopic (exact) mass is 256 g/mol. The molecule has 0 heterocycles. The first kappa shape index (κ1) is 13.1. The summed E-state index contributed by atoms with van der Waals surface area (Å²) in [5, 5.41) is 12.8. The van der Waals surface area contributed by atoms with Gasteiger partial charge in [-0.2, -0.15) is 0 Å². The maximum Gasteiger partial charge on any atom is 0.348 e. The molecule has 1 amide bonds. The van der Waals surface area contributed by atoms with Gasteiger partial charge in [0.25, 0.3) is 5.78 Å². The highest BCUT2D eigenvalue weighted by molar-refractivity contribution is 6.32. The first-order valence-corrected chi connectivity index (χ1v) is 5.05. The van der Waals surface area contributed by atoms with E-state index in [0.29, 0.717) is 5.69 Å². The molecule has 0 spiro atoms. The van der Waals surface area contributed by atoms with Gasteiger partial charge in [-0.3, -0.25) is 19.7 Å². The van der Waals surface area contributed by atoms with Crippen LogP contribution in [-0.2, 0) is 4.79 Å². The second-order valence-electron chi connectivity index (χ2n) is 3.25. The van der Waals surface area contributed by atoms with Crippen LogP contribution in [0.2, 0.25) is 0 Å². The normalized spacial score (nSPS) is 11.6. The van der Waals surface area contributed by atoms with Crippen LogP contribution in [0.4, 0.5) is 5.69 Å². The standard InChI is InChI=1S/C10H9ClN2O4/c1-6(14)12-8-4-2-3-7(5-8)9(15)10(11)13(16)17/h2-5,10H,1H3,(H,12,14). The molecule has 0 aliphatic carbocycles. The molecular weight excluding hydrogens is 248 g/mol. The van der Waals surface area contributed by atoms with Crippen LogP contribution in [-0.4, -0.2) is 22.1 Å². The molecule has 1 rings (SSSR count). The molecule has 1 N–H and O–H groups in total. The van der Waals surface area contributed by atoms with E-state index in [1.54, 1.807) is 6.07 Å². The van der Waals surface area contributed by atoms with Crippen molar-refractivity contribution in [2.75, 3.05) is 5.32 Å². The van der Waals surface area contributed by atoms with E-state index >= 15 is 0 Å². The number of Topliss-reactive ketones (excluding diaryl/α,β-unsaturated/α-hetero) is 1. The van der Waals surface area contributed by atoms with Gasteiger partial charge in [0, 0.05) is 23.1 Å². The number of amides is 1. The molecule has 6 nitrogen and oxygen atoms in total. The number of hydrogen-bond donors (Lipinski definition) is 1. The first-order chi connectivity index (χ1) is 7.91. The second kappa shape index (κ2) is 5.40. The molecule has 0 saturated heterocycles. The van der Waals surface area contributed by atoms with Crippen LogP contribution in [0.1, 0.15) is 17.3 Å². The number of halogens is 1.